The van der Waals surface area contributed by atoms with E-state index >= 15 is 0 Å². The van der Waals surface area contributed by atoms with E-state index < -0.39 is 0 Å². The van der Waals surface area contributed by atoms with E-state index in [-0.39, 0.29) is 6.01 Å². The Morgan fingerprint density at radius 3 is 1.56 bits per heavy atom. The maximum atomic E-state index is 4.90. The standard InChI is InChI=1S/C21H17N5O/c1-27-21-24-22-20(23-25-21)16-12-14-19(15-13-16)26(17-8-4-2-5-9-17)18-10-6-3-7-11-18/h2-15H,1H3. The van der Waals surface area contributed by atoms with Gasteiger partial charge in [0.25, 0.3) is 0 Å². The van der Waals surface area contributed by atoms with Gasteiger partial charge in [0.05, 0.1) is 7.11 Å². The van der Waals surface area contributed by atoms with Crippen molar-refractivity contribution in [1.82, 2.24) is 20.4 Å². The summed E-state index contributed by atoms with van der Waals surface area (Å²) in [7, 11) is 1.48. The second-order valence-electron chi connectivity index (χ2n) is 5.76. The predicted molar refractivity (Wildman–Crippen MR) is 104 cm³/mol. The second-order valence-corrected chi connectivity index (χ2v) is 5.76. The van der Waals surface area contributed by atoms with Gasteiger partial charge in [0.1, 0.15) is 0 Å². The number of aromatic nitrogens is 4. The van der Waals surface area contributed by atoms with Crippen molar-refractivity contribution in [2.45, 2.75) is 0 Å². The number of methoxy groups -OCH3 is 1. The van der Waals surface area contributed by atoms with Gasteiger partial charge in [-0.05, 0) is 48.5 Å². The third-order valence-corrected chi connectivity index (χ3v) is 4.06. The van der Waals surface area contributed by atoms with E-state index in [1.54, 1.807) is 0 Å². The van der Waals surface area contributed by atoms with Crippen molar-refractivity contribution in [3.8, 4) is 17.4 Å². The molecule has 0 saturated heterocycles. The molecule has 0 atom stereocenters. The number of para-hydroxylation sites is 2. The molecule has 27 heavy (non-hydrogen) atoms. The molecular weight excluding hydrogens is 338 g/mol. The van der Waals surface area contributed by atoms with E-state index in [4.69, 9.17) is 4.74 Å². The van der Waals surface area contributed by atoms with E-state index in [0.29, 0.717) is 5.82 Å². The van der Waals surface area contributed by atoms with Crippen molar-refractivity contribution >= 4 is 17.1 Å². The first kappa shape index (κ1) is 16.7. The van der Waals surface area contributed by atoms with E-state index in [1.165, 1.54) is 7.11 Å². The lowest BCUT2D eigenvalue weighted by molar-refractivity contribution is 0.366. The van der Waals surface area contributed by atoms with E-state index in [1.807, 2.05) is 60.7 Å². The highest BCUT2D eigenvalue weighted by atomic mass is 16.5. The lowest BCUT2D eigenvalue weighted by atomic mass is 10.1. The van der Waals surface area contributed by atoms with Crippen molar-refractivity contribution in [3.63, 3.8) is 0 Å². The highest BCUT2D eigenvalue weighted by Crippen LogP contribution is 2.34. The molecule has 6 nitrogen and oxygen atoms in total. The minimum absolute atomic E-state index is 0.148. The van der Waals surface area contributed by atoms with Crippen LogP contribution in [0.15, 0.2) is 84.9 Å². The molecule has 1 aromatic heterocycles. The van der Waals surface area contributed by atoms with Gasteiger partial charge >= 0.3 is 6.01 Å². The Bertz CT molecular complexity index is 951. The zero-order chi connectivity index (χ0) is 18.5. The van der Waals surface area contributed by atoms with E-state index in [9.17, 15) is 0 Å². The fraction of sp³-hybridized carbons (Fsp3) is 0.0476. The summed E-state index contributed by atoms with van der Waals surface area (Å²) in [5.41, 5.74) is 4.04. The molecule has 0 spiro atoms. The van der Waals surface area contributed by atoms with Crippen LogP contribution in [0.3, 0.4) is 0 Å². The Morgan fingerprint density at radius 2 is 1.07 bits per heavy atom. The summed E-state index contributed by atoms with van der Waals surface area (Å²) >= 11 is 0. The zero-order valence-electron chi connectivity index (χ0n) is 14.7. The van der Waals surface area contributed by atoms with Crippen molar-refractivity contribution < 1.29 is 4.74 Å². The molecule has 6 heteroatoms. The molecule has 0 bridgehead atoms. The van der Waals surface area contributed by atoms with Crippen LogP contribution in [0.25, 0.3) is 11.4 Å². The monoisotopic (exact) mass is 355 g/mol. The summed E-state index contributed by atoms with van der Waals surface area (Å²) in [5, 5.41) is 15.8. The second kappa shape index (κ2) is 7.61. The third-order valence-electron chi connectivity index (χ3n) is 4.06. The van der Waals surface area contributed by atoms with Crippen molar-refractivity contribution in [2.75, 3.05) is 12.0 Å². The van der Waals surface area contributed by atoms with Crippen LogP contribution in [-0.4, -0.2) is 27.5 Å². The van der Waals surface area contributed by atoms with Gasteiger partial charge in [-0.25, -0.2) is 0 Å². The Morgan fingerprint density at radius 1 is 0.593 bits per heavy atom. The molecule has 4 aromatic rings. The minimum Gasteiger partial charge on any atom is -0.465 e. The normalized spacial score (nSPS) is 10.4. The van der Waals surface area contributed by atoms with Crippen LogP contribution in [0.4, 0.5) is 17.1 Å². The van der Waals surface area contributed by atoms with Crippen LogP contribution in [0.1, 0.15) is 0 Å². The Labute approximate surface area is 157 Å². The molecule has 132 valence electrons. The summed E-state index contributed by atoms with van der Waals surface area (Å²) in [6, 6.07) is 28.6. The maximum absolute atomic E-state index is 4.90. The van der Waals surface area contributed by atoms with Crippen molar-refractivity contribution in [2.24, 2.45) is 0 Å². The predicted octanol–water partition coefficient (Wildman–Crippen LogP) is 4.41. The molecule has 0 unspecified atom stereocenters. The summed E-state index contributed by atoms with van der Waals surface area (Å²) in [5.74, 6) is 0.452. The van der Waals surface area contributed by atoms with Gasteiger partial charge in [-0.3, -0.25) is 0 Å². The molecule has 0 radical (unpaired) electrons. The molecule has 0 N–H and O–H groups in total. The number of hydrogen-bond acceptors (Lipinski definition) is 6. The van der Waals surface area contributed by atoms with Gasteiger partial charge in [-0.2, -0.15) is 0 Å². The molecule has 0 aliphatic rings. The summed E-state index contributed by atoms with van der Waals surface area (Å²) in [4.78, 5) is 2.19. The molecule has 0 saturated carbocycles. The number of nitrogens with zero attached hydrogens (tertiary/aromatic N) is 5. The topological polar surface area (TPSA) is 64.0 Å². The number of rotatable bonds is 5. The fourth-order valence-corrected chi connectivity index (χ4v) is 2.78. The van der Waals surface area contributed by atoms with Gasteiger partial charge in [0, 0.05) is 22.6 Å². The molecule has 4 rings (SSSR count). The van der Waals surface area contributed by atoms with Gasteiger partial charge in [-0.15, -0.1) is 10.2 Å². The SMILES string of the molecule is COc1nnc(-c2ccc(N(c3ccccc3)c3ccccc3)cc2)nn1. The van der Waals surface area contributed by atoms with Crippen molar-refractivity contribution in [1.29, 1.82) is 0 Å². The summed E-state index contributed by atoms with van der Waals surface area (Å²) in [6.07, 6.45) is 0. The van der Waals surface area contributed by atoms with Crippen molar-refractivity contribution in [3.05, 3.63) is 84.9 Å². The summed E-state index contributed by atoms with van der Waals surface area (Å²) < 4.78 is 4.90. The van der Waals surface area contributed by atoms with E-state index in [0.717, 1.165) is 22.6 Å². The van der Waals surface area contributed by atoms with Crippen LogP contribution in [0, 0.1) is 0 Å². The van der Waals surface area contributed by atoms with Crippen LogP contribution >= 0.6 is 0 Å². The zero-order valence-corrected chi connectivity index (χ0v) is 14.7. The molecule has 3 aromatic carbocycles. The highest BCUT2D eigenvalue weighted by Gasteiger charge is 2.12. The lowest BCUT2D eigenvalue weighted by Gasteiger charge is -2.25. The average Bonchev–Trinajstić information content (AvgIpc) is 2.76. The summed E-state index contributed by atoms with van der Waals surface area (Å²) in [6.45, 7) is 0. The lowest BCUT2D eigenvalue weighted by Crippen LogP contribution is -2.09. The average molecular weight is 355 g/mol. The van der Waals surface area contributed by atoms with Crippen LogP contribution in [0.5, 0.6) is 6.01 Å². The Hall–Kier alpha value is -3.80. The molecule has 1 heterocycles. The largest absolute Gasteiger partial charge is 0.465 e. The van der Waals surface area contributed by atoms with Crippen LogP contribution in [-0.2, 0) is 0 Å². The number of benzene rings is 3. The molecule has 0 amide bonds. The number of ether oxygens (including phenoxy) is 1. The Balaban J connectivity index is 1.70. The first-order chi connectivity index (χ1) is 13.3. The Kier molecular flexibility index (Phi) is 4.70. The van der Waals surface area contributed by atoms with Crippen LogP contribution in [0.2, 0.25) is 0 Å². The molecule has 0 fully saturated rings. The van der Waals surface area contributed by atoms with Gasteiger partial charge in [0.2, 0.25) is 5.82 Å². The number of hydrogen-bond donors (Lipinski definition) is 0. The van der Waals surface area contributed by atoms with Crippen LogP contribution < -0.4 is 9.64 Å². The smallest absolute Gasteiger partial charge is 0.354 e. The first-order valence-corrected chi connectivity index (χ1v) is 8.47. The van der Waals surface area contributed by atoms with E-state index in [2.05, 4.69) is 49.6 Å². The first-order valence-electron chi connectivity index (χ1n) is 8.47. The van der Waals surface area contributed by atoms with Gasteiger partial charge < -0.3 is 9.64 Å². The minimum atomic E-state index is 0.148. The molecular formula is C21H17N5O. The third kappa shape index (κ3) is 3.59. The fourth-order valence-electron chi connectivity index (χ4n) is 2.78. The van der Waals surface area contributed by atoms with Gasteiger partial charge in [-0.1, -0.05) is 46.6 Å². The molecule has 0 aliphatic carbocycles. The highest BCUT2D eigenvalue weighted by molar-refractivity contribution is 5.77. The quantitative estimate of drug-likeness (QED) is 0.528. The van der Waals surface area contributed by atoms with Gasteiger partial charge in [0.15, 0.2) is 0 Å². The number of anilines is 3. The molecule has 0 aliphatic heterocycles. The maximum Gasteiger partial charge on any atom is 0.354 e.